The number of rotatable bonds is 3. The summed E-state index contributed by atoms with van der Waals surface area (Å²) < 4.78 is 0. The Balaban J connectivity index is 2.17. The molecule has 0 saturated carbocycles. The molecule has 0 unspecified atom stereocenters. The Morgan fingerprint density at radius 3 is 1.90 bits per heavy atom. The number of benzene rings is 2. The summed E-state index contributed by atoms with van der Waals surface area (Å²) in [5.41, 5.74) is 8.95. The number of anilines is 1. The van der Waals surface area contributed by atoms with Gasteiger partial charge in [0, 0.05) is 16.8 Å². The van der Waals surface area contributed by atoms with Crippen LogP contribution in [0.2, 0.25) is 0 Å². The van der Waals surface area contributed by atoms with Crippen LogP contribution in [0.15, 0.2) is 42.5 Å². The Labute approximate surface area is 117 Å². The van der Waals surface area contributed by atoms with Crippen LogP contribution in [0.5, 0.6) is 0 Å². The van der Waals surface area contributed by atoms with E-state index in [1.165, 1.54) is 0 Å². The molecule has 3 N–H and O–H groups in total. The molecule has 0 bridgehead atoms. The Hall–Kier alpha value is -2.62. The molecule has 2 aromatic carbocycles. The second-order valence-corrected chi connectivity index (χ2v) is 4.77. The molecule has 0 heterocycles. The van der Waals surface area contributed by atoms with Crippen molar-refractivity contribution in [3.8, 4) is 0 Å². The number of primary amides is 1. The standard InChI is InChI=1S/C16H16N2O2/c1-10-7-11(2)9-14(8-10)18-16(20)13-5-3-12(4-6-13)15(17)19/h3-9H,1-2H3,(H2,17,19)(H,18,20). The monoisotopic (exact) mass is 268 g/mol. The fraction of sp³-hybridized carbons (Fsp3) is 0.125. The predicted octanol–water partition coefficient (Wildman–Crippen LogP) is 2.65. The normalized spacial score (nSPS) is 10.1. The highest BCUT2D eigenvalue weighted by Crippen LogP contribution is 2.15. The third-order valence-electron chi connectivity index (χ3n) is 2.91. The fourth-order valence-electron chi connectivity index (χ4n) is 2.04. The highest BCUT2D eigenvalue weighted by atomic mass is 16.2. The van der Waals surface area contributed by atoms with Crippen LogP contribution >= 0.6 is 0 Å². The average molecular weight is 268 g/mol. The molecule has 0 fully saturated rings. The maximum absolute atomic E-state index is 12.1. The molecule has 2 aromatic rings. The van der Waals surface area contributed by atoms with Gasteiger partial charge in [-0.15, -0.1) is 0 Å². The topological polar surface area (TPSA) is 72.2 Å². The van der Waals surface area contributed by atoms with Crippen LogP contribution in [-0.4, -0.2) is 11.8 Å². The number of carbonyl (C=O) groups is 2. The largest absolute Gasteiger partial charge is 0.366 e. The zero-order chi connectivity index (χ0) is 14.7. The van der Waals surface area contributed by atoms with Crippen LogP contribution < -0.4 is 11.1 Å². The van der Waals surface area contributed by atoms with Crippen molar-refractivity contribution in [1.82, 2.24) is 0 Å². The first-order valence-electron chi connectivity index (χ1n) is 6.25. The van der Waals surface area contributed by atoms with Crippen LogP contribution in [0.1, 0.15) is 31.8 Å². The third-order valence-corrected chi connectivity index (χ3v) is 2.91. The van der Waals surface area contributed by atoms with Crippen molar-refractivity contribution in [1.29, 1.82) is 0 Å². The zero-order valence-electron chi connectivity index (χ0n) is 11.4. The van der Waals surface area contributed by atoms with Gasteiger partial charge >= 0.3 is 0 Å². The van der Waals surface area contributed by atoms with Gasteiger partial charge in [0.1, 0.15) is 0 Å². The van der Waals surface area contributed by atoms with Crippen molar-refractivity contribution in [2.75, 3.05) is 5.32 Å². The number of hydrogen-bond acceptors (Lipinski definition) is 2. The summed E-state index contributed by atoms with van der Waals surface area (Å²) in [5.74, 6) is -0.725. The van der Waals surface area contributed by atoms with Crippen LogP contribution in [0, 0.1) is 13.8 Å². The van der Waals surface area contributed by atoms with Crippen molar-refractivity contribution >= 4 is 17.5 Å². The molecule has 0 saturated heterocycles. The van der Waals surface area contributed by atoms with E-state index in [0.29, 0.717) is 11.1 Å². The molecule has 4 heteroatoms. The molecule has 0 atom stereocenters. The Kier molecular flexibility index (Phi) is 3.84. The van der Waals surface area contributed by atoms with Gasteiger partial charge in [0.2, 0.25) is 5.91 Å². The van der Waals surface area contributed by atoms with Crippen molar-refractivity contribution in [2.45, 2.75) is 13.8 Å². The first kappa shape index (κ1) is 13.8. The van der Waals surface area contributed by atoms with E-state index >= 15 is 0 Å². The average Bonchev–Trinajstić information content (AvgIpc) is 2.37. The van der Waals surface area contributed by atoms with E-state index in [4.69, 9.17) is 5.73 Å². The van der Waals surface area contributed by atoms with Gasteiger partial charge < -0.3 is 11.1 Å². The minimum Gasteiger partial charge on any atom is -0.366 e. The first-order valence-corrected chi connectivity index (χ1v) is 6.25. The lowest BCUT2D eigenvalue weighted by atomic mass is 10.1. The molecular formula is C16H16N2O2. The highest BCUT2D eigenvalue weighted by Gasteiger charge is 2.08. The van der Waals surface area contributed by atoms with E-state index in [1.54, 1.807) is 24.3 Å². The van der Waals surface area contributed by atoms with Gasteiger partial charge in [0.25, 0.3) is 5.91 Å². The second-order valence-electron chi connectivity index (χ2n) is 4.77. The summed E-state index contributed by atoms with van der Waals surface area (Å²) in [5, 5.41) is 2.83. The number of aryl methyl sites for hydroxylation is 2. The number of nitrogens with one attached hydrogen (secondary N) is 1. The maximum atomic E-state index is 12.1. The molecule has 0 aliphatic carbocycles. The summed E-state index contributed by atoms with van der Waals surface area (Å²) in [7, 11) is 0. The summed E-state index contributed by atoms with van der Waals surface area (Å²) >= 11 is 0. The number of nitrogens with two attached hydrogens (primary N) is 1. The van der Waals surface area contributed by atoms with Crippen LogP contribution in [0.4, 0.5) is 5.69 Å². The van der Waals surface area contributed by atoms with Gasteiger partial charge in [-0.05, 0) is 61.4 Å². The molecular weight excluding hydrogens is 252 g/mol. The molecule has 0 radical (unpaired) electrons. The molecule has 2 amide bonds. The van der Waals surface area contributed by atoms with Gasteiger partial charge in [0.05, 0.1) is 0 Å². The lowest BCUT2D eigenvalue weighted by Gasteiger charge is -2.08. The van der Waals surface area contributed by atoms with Crippen molar-refractivity contribution in [3.63, 3.8) is 0 Å². The summed E-state index contributed by atoms with van der Waals surface area (Å²) in [6, 6.07) is 12.1. The molecule has 102 valence electrons. The van der Waals surface area contributed by atoms with Crippen LogP contribution in [0.25, 0.3) is 0 Å². The number of hydrogen-bond donors (Lipinski definition) is 2. The molecule has 0 aromatic heterocycles. The SMILES string of the molecule is Cc1cc(C)cc(NC(=O)c2ccc(C(N)=O)cc2)c1. The summed E-state index contributed by atoms with van der Waals surface area (Å²) in [4.78, 5) is 23.1. The lowest BCUT2D eigenvalue weighted by molar-refractivity contribution is 0.0995. The van der Waals surface area contributed by atoms with Gasteiger partial charge in [-0.1, -0.05) is 6.07 Å². The number of carbonyl (C=O) groups excluding carboxylic acids is 2. The minimum atomic E-state index is -0.508. The van der Waals surface area contributed by atoms with Crippen LogP contribution in [-0.2, 0) is 0 Å². The fourth-order valence-corrected chi connectivity index (χ4v) is 2.04. The van der Waals surface area contributed by atoms with Gasteiger partial charge in [-0.2, -0.15) is 0 Å². The molecule has 0 aliphatic rings. The van der Waals surface area contributed by atoms with Crippen molar-refractivity contribution in [2.24, 2.45) is 5.73 Å². The van der Waals surface area contributed by atoms with E-state index in [1.807, 2.05) is 32.0 Å². The third kappa shape index (κ3) is 3.23. The molecule has 2 rings (SSSR count). The van der Waals surface area contributed by atoms with Crippen molar-refractivity contribution in [3.05, 3.63) is 64.7 Å². The van der Waals surface area contributed by atoms with E-state index in [0.717, 1.165) is 16.8 Å². The van der Waals surface area contributed by atoms with Crippen LogP contribution in [0.3, 0.4) is 0 Å². The molecule has 0 spiro atoms. The van der Waals surface area contributed by atoms with E-state index in [2.05, 4.69) is 5.32 Å². The predicted molar refractivity (Wildman–Crippen MR) is 78.8 cm³/mol. The van der Waals surface area contributed by atoms with E-state index in [9.17, 15) is 9.59 Å². The summed E-state index contributed by atoms with van der Waals surface area (Å²) in [6.45, 7) is 3.95. The zero-order valence-corrected chi connectivity index (χ0v) is 11.4. The second kappa shape index (κ2) is 5.57. The van der Waals surface area contributed by atoms with Gasteiger partial charge in [-0.25, -0.2) is 0 Å². The van der Waals surface area contributed by atoms with Gasteiger partial charge in [0.15, 0.2) is 0 Å². The Morgan fingerprint density at radius 1 is 0.900 bits per heavy atom. The van der Waals surface area contributed by atoms with Gasteiger partial charge in [-0.3, -0.25) is 9.59 Å². The molecule has 20 heavy (non-hydrogen) atoms. The first-order chi connectivity index (χ1) is 9.45. The molecule has 4 nitrogen and oxygen atoms in total. The van der Waals surface area contributed by atoms with Crippen molar-refractivity contribution < 1.29 is 9.59 Å². The quantitative estimate of drug-likeness (QED) is 0.898. The molecule has 0 aliphatic heterocycles. The van der Waals surface area contributed by atoms with E-state index < -0.39 is 5.91 Å². The number of amides is 2. The minimum absolute atomic E-state index is 0.217. The lowest BCUT2D eigenvalue weighted by Crippen LogP contribution is -2.14. The smallest absolute Gasteiger partial charge is 0.255 e. The Bertz CT molecular complexity index is 640. The van der Waals surface area contributed by atoms with E-state index in [-0.39, 0.29) is 5.91 Å². The maximum Gasteiger partial charge on any atom is 0.255 e. The summed E-state index contributed by atoms with van der Waals surface area (Å²) in [6.07, 6.45) is 0. The Morgan fingerprint density at radius 2 is 1.40 bits per heavy atom. The highest BCUT2D eigenvalue weighted by molar-refractivity contribution is 6.05.